The summed E-state index contributed by atoms with van der Waals surface area (Å²) in [6, 6.07) is 23.9. The minimum absolute atomic E-state index is 0.211. The molecule has 0 aliphatic carbocycles. The third-order valence-corrected chi connectivity index (χ3v) is 9.44. The van der Waals surface area contributed by atoms with Gasteiger partial charge in [-0.1, -0.05) is 49.7 Å². The molecule has 244 valence electrons. The lowest BCUT2D eigenvalue weighted by Crippen LogP contribution is -2.41. The van der Waals surface area contributed by atoms with Crippen LogP contribution in [0.2, 0.25) is 0 Å². The average molecular weight is 656 g/mol. The maximum Gasteiger partial charge on any atom is 0.255 e. The zero-order valence-corrected chi connectivity index (χ0v) is 28.1. The lowest BCUT2D eigenvalue weighted by Gasteiger charge is -2.28. The summed E-state index contributed by atoms with van der Waals surface area (Å²) in [4.78, 5) is 26.9. The highest BCUT2D eigenvalue weighted by Gasteiger charge is 2.27. The topological polar surface area (TPSA) is 109 Å². The van der Waals surface area contributed by atoms with Gasteiger partial charge >= 0.3 is 0 Å². The molecule has 0 aliphatic heterocycles. The second-order valence-corrected chi connectivity index (χ2v) is 14.1. The number of rotatable bonds is 10. The van der Waals surface area contributed by atoms with Crippen molar-refractivity contribution in [3.63, 3.8) is 0 Å². The highest BCUT2D eigenvalue weighted by atomic mass is 32.2. The second-order valence-electron chi connectivity index (χ2n) is 12.1. The predicted molar refractivity (Wildman–Crippen MR) is 185 cm³/mol. The molecule has 2 amide bonds. The number of hydrogen-bond acceptors (Lipinski definition) is 5. The molecule has 0 unspecified atom stereocenters. The number of furan rings is 1. The lowest BCUT2D eigenvalue weighted by atomic mass is 9.91. The van der Waals surface area contributed by atoms with Crippen molar-refractivity contribution in [1.82, 2.24) is 10.6 Å². The van der Waals surface area contributed by atoms with Crippen LogP contribution in [0.25, 0.3) is 33.4 Å². The molecule has 0 saturated heterocycles. The van der Waals surface area contributed by atoms with Gasteiger partial charge < -0.3 is 15.1 Å². The lowest BCUT2D eigenvalue weighted by molar-refractivity contribution is 0.0910. The number of anilines is 1. The molecule has 1 aromatic heterocycles. The monoisotopic (exact) mass is 655 g/mol. The van der Waals surface area contributed by atoms with Crippen LogP contribution in [0, 0.1) is 5.82 Å². The summed E-state index contributed by atoms with van der Waals surface area (Å²) in [5, 5.41) is 6.21. The molecule has 0 spiro atoms. The number of halogens is 1. The maximum absolute atomic E-state index is 13.7. The van der Waals surface area contributed by atoms with Crippen LogP contribution in [-0.4, -0.2) is 40.6 Å². The number of nitrogens with one attached hydrogen (secondary N) is 2. The van der Waals surface area contributed by atoms with E-state index >= 15 is 0 Å². The fourth-order valence-corrected chi connectivity index (χ4v) is 6.13. The number of hydrogen-bond donors (Lipinski definition) is 2. The van der Waals surface area contributed by atoms with E-state index in [2.05, 4.69) is 29.7 Å². The highest BCUT2D eigenvalue weighted by molar-refractivity contribution is 7.92. The first kappa shape index (κ1) is 33.4. The summed E-state index contributed by atoms with van der Waals surface area (Å²) in [7, 11) is -0.816. The van der Waals surface area contributed by atoms with Crippen LogP contribution in [0.3, 0.4) is 0 Å². The first-order valence-corrected chi connectivity index (χ1v) is 17.1. The molecule has 5 rings (SSSR count). The molecular formula is C37H38FN3O5S. The summed E-state index contributed by atoms with van der Waals surface area (Å²) >= 11 is 0. The van der Waals surface area contributed by atoms with Gasteiger partial charge in [0.05, 0.1) is 23.0 Å². The Kier molecular flexibility index (Phi) is 9.27. The summed E-state index contributed by atoms with van der Waals surface area (Å²) < 4.78 is 46.6. The van der Waals surface area contributed by atoms with Crippen molar-refractivity contribution < 1.29 is 26.8 Å². The predicted octanol–water partition coefficient (Wildman–Crippen LogP) is 7.28. The van der Waals surface area contributed by atoms with Crippen LogP contribution in [0.1, 0.15) is 59.0 Å². The molecule has 5 aromatic rings. The zero-order valence-electron chi connectivity index (χ0n) is 27.3. The molecule has 0 atom stereocenters. The number of nitrogens with zero attached hydrogens (tertiary/aromatic N) is 1. The zero-order chi connectivity index (χ0) is 34.1. The van der Waals surface area contributed by atoms with E-state index in [0.29, 0.717) is 27.6 Å². The molecule has 0 fully saturated rings. The summed E-state index contributed by atoms with van der Waals surface area (Å²) in [5.74, 6) is -0.966. The van der Waals surface area contributed by atoms with Gasteiger partial charge in [-0.2, -0.15) is 0 Å². The third-order valence-electron chi connectivity index (χ3n) is 8.25. The van der Waals surface area contributed by atoms with Gasteiger partial charge in [0, 0.05) is 42.2 Å². The van der Waals surface area contributed by atoms with Gasteiger partial charge in [0.25, 0.3) is 11.8 Å². The van der Waals surface area contributed by atoms with Crippen molar-refractivity contribution in [3.8, 4) is 22.5 Å². The smallest absolute Gasteiger partial charge is 0.255 e. The van der Waals surface area contributed by atoms with Gasteiger partial charge in [0.2, 0.25) is 10.0 Å². The maximum atomic E-state index is 13.7. The van der Waals surface area contributed by atoms with E-state index in [1.807, 2.05) is 26.0 Å². The van der Waals surface area contributed by atoms with Gasteiger partial charge in [-0.15, -0.1) is 0 Å². The minimum atomic E-state index is -3.73. The molecule has 8 nitrogen and oxygen atoms in total. The van der Waals surface area contributed by atoms with Crippen molar-refractivity contribution in [2.75, 3.05) is 24.7 Å². The number of aryl methyl sites for hydroxylation is 1. The summed E-state index contributed by atoms with van der Waals surface area (Å²) in [6.07, 6.45) is 3.05. The Morgan fingerprint density at radius 2 is 1.62 bits per heavy atom. The fourth-order valence-electron chi connectivity index (χ4n) is 5.62. The van der Waals surface area contributed by atoms with Crippen molar-refractivity contribution in [1.29, 1.82) is 0 Å². The molecule has 0 bridgehead atoms. The molecule has 2 N–H and O–H groups in total. The highest BCUT2D eigenvalue weighted by Crippen LogP contribution is 2.41. The Balaban J connectivity index is 1.64. The molecule has 1 heterocycles. The van der Waals surface area contributed by atoms with E-state index < -0.39 is 27.3 Å². The van der Waals surface area contributed by atoms with Crippen LogP contribution in [0.5, 0.6) is 0 Å². The minimum Gasteiger partial charge on any atom is -0.455 e. The molecule has 10 heteroatoms. The summed E-state index contributed by atoms with van der Waals surface area (Å²) in [6.45, 7) is 6.02. The van der Waals surface area contributed by atoms with Gasteiger partial charge in [-0.3, -0.25) is 13.9 Å². The Morgan fingerprint density at radius 1 is 0.915 bits per heavy atom. The van der Waals surface area contributed by atoms with Crippen molar-refractivity contribution in [2.24, 2.45) is 0 Å². The Bertz CT molecular complexity index is 2090. The molecule has 47 heavy (non-hydrogen) atoms. The van der Waals surface area contributed by atoms with Crippen LogP contribution in [-0.2, 0) is 22.0 Å². The van der Waals surface area contributed by atoms with E-state index in [9.17, 15) is 22.4 Å². The van der Waals surface area contributed by atoms with Crippen molar-refractivity contribution in [2.45, 2.75) is 39.2 Å². The number of fused-ring (bicyclic) bond motifs is 1. The Labute approximate surface area is 274 Å². The summed E-state index contributed by atoms with van der Waals surface area (Å²) in [5.41, 5.74) is 4.13. The van der Waals surface area contributed by atoms with Gasteiger partial charge in [0.15, 0.2) is 0 Å². The normalized spacial score (nSPS) is 11.8. The molecular weight excluding hydrogens is 617 g/mol. The van der Waals surface area contributed by atoms with E-state index in [1.165, 1.54) is 43.9 Å². The van der Waals surface area contributed by atoms with Crippen LogP contribution in [0.4, 0.5) is 10.1 Å². The van der Waals surface area contributed by atoms with Gasteiger partial charge in [-0.25, -0.2) is 12.8 Å². The molecule has 0 saturated carbocycles. The van der Waals surface area contributed by atoms with Crippen LogP contribution in [0.15, 0.2) is 89.3 Å². The van der Waals surface area contributed by atoms with E-state index in [4.69, 9.17) is 4.42 Å². The van der Waals surface area contributed by atoms with Crippen LogP contribution >= 0.6 is 0 Å². The standard InChI is InChI=1S/C37H38FN3O5S/c1-7-10-23-11-8-14-27(19-23)37(2,3)40-35(42)26-13-9-12-25(20-26)29-21-30-32(22-31(29)41(5)47(6,44)45)46-34(33(30)36(43)39-4)24-15-17-28(38)18-16-24/h8-9,11-22H,7,10H2,1-6H3,(H,39,43)(H,40,42). The first-order valence-electron chi connectivity index (χ1n) is 15.3. The Hall–Kier alpha value is -4.96. The number of carbonyl (C=O) groups is 2. The first-order chi connectivity index (χ1) is 22.2. The molecule has 4 aromatic carbocycles. The third kappa shape index (κ3) is 6.92. The van der Waals surface area contributed by atoms with Crippen molar-refractivity contribution >= 4 is 38.5 Å². The molecule has 0 aliphatic rings. The average Bonchev–Trinajstić information content (AvgIpc) is 3.42. The Morgan fingerprint density at radius 3 is 2.28 bits per heavy atom. The van der Waals surface area contributed by atoms with Gasteiger partial charge in [-0.05, 0) is 79.4 Å². The number of benzene rings is 4. The van der Waals surface area contributed by atoms with E-state index in [0.717, 1.165) is 29.0 Å². The quantitative estimate of drug-likeness (QED) is 0.164. The molecule has 0 radical (unpaired) electrons. The van der Waals surface area contributed by atoms with Gasteiger partial charge in [0.1, 0.15) is 17.2 Å². The number of carbonyl (C=O) groups excluding carboxylic acids is 2. The fraction of sp³-hybridized carbons (Fsp3) is 0.243. The van der Waals surface area contributed by atoms with E-state index in [-0.39, 0.29) is 28.5 Å². The van der Waals surface area contributed by atoms with Crippen molar-refractivity contribution in [3.05, 3.63) is 113 Å². The SMILES string of the molecule is CCCc1cccc(C(C)(C)NC(=O)c2cccc(-c3cc4c(C(=O)NC)c(-c5ccc(F)cc5)oc4cc3N(C)S(C)(=O)=O)c2)c1. The largest absolute Gasteiger partial charge is 0.455 e. The number of sulfonamides is 1. The second kappa shape index (κ2) is 13.0. The number of amides is 2. The van der Waals surface area contributed by atoms with E-state index in [1.54, 1.807) is 36.4 Å². The van der Waals surface area contributed by atoms with Crippen LogP contribution < -0.4 is 14.9 Å².